The number of thioether (sulfide) groups is 1. The van der Waals surface area contributed by atoms with Gasteiger partial charge in [-0.2, -0.15) is 0 Å². The zero-order chi connectivity index (χ0) is 17.3. The third-order valence-electron chi connectivity index (χ3n) is 3.08. The second-order valence-electron chi connectivity index (χ2n) is 4.76. The number of halogens is 3. The summed E-state index contributed by atoms with van der Waals surface area (Å²) in [6.45, 7) is 0. The van der Waals surface area contributed by atoms with Crippen molar-refractivity contribution in [2.45, 2.75) is 0 Å². The highest BCUT2D eigenvalue weighted by atomic mass is 35.5. The standard InChI is InChI=1S/C16H9Cl3N2O2S/c17-9-4-5-12(22)8(6-9)7-13-15(23)21-16(24-13)20-11-3-1-2-10(18)14(11)19/h1-7,22H,(H,20,21,23)/b13-7-. The van der Waals surface area contributed by atoms with E-state index in [2.05, 4.69) is 10.3 Å². The Bertz CT molecular complexity index is 897. The Hall–Kier alpha value is -1.66. The number of rotatable bonds is 2. The van der Waals surface area contributed by atoms with Gasteiger partial charge in [-0.25, -0.2) is 4.99 Å². The fraction of sp³-hybridized carbons (Fsp3) is 0. The van der Waals surface area contributed by atoms with Gasteiger partial charge in [0.2, 0.25) is 0 Å². The molecule has 0 aromatic heterocycles. The van der Waals surface area contributed by atoms with Crippen molar-refractivity contribution in [3.8, 4) is 5.75 Å². The zero-order valence-corrected chi connectivity index (χ0v) is 15.0. The molecule has 0 radical (unpaired) electrons. The molecule has 2 aromatic carbocycles. The molecule has 0 atom stereocenters. The summed E-state index contributed by atoms with van der Waals surface area (Å²) in [6.07, 6.45) is 1.54. The highest BCUT2D eigenvalue weighted by Gasteiger charge is 2.24. The van der Waals surface area contributed by atoms with Crippen molar-refractivity contribution < 1.29 is 9.90 Å². The summed E-state index contributed by atoms with van der Waals surface area (Å²) in [5.74, 6) is -0.292. The average molecular weight is 400 g/mol. The minimum Gasteiger partial charge on any atom is -0.507 e. The first kappa shape index (κ1) is 17.2. The van der Waals surface area contributed by atoms with Gasteiger partial charge in [-0.05, 0) is 48.2 Å². The second-order valence-corrected chi connectivity index (χ2v) is 7.01. The van der Waals surface area contributed by atoms with E-state index < -0.39 is 0 Å². The molecular formula is C16H9Cl3N2O2S. The Morgan fingerprint density at radius 1 is 1.17 bits per heavy atom. The van der Waals surface area contributed by atoms with E-state index in [-0.39, 0.29) is 11.7 Å². The SMILES string of the molecule is O=C1NC(=Nc2cccc(Cl)c2Cl)S/C1=C\c1cc(Cl)ccc1O. The summed E-state index contributed by atoms with van der Waals surface area (Å²) in [5.41, 5.74) is 0.904. The maximum Gasteiger partial charge on any atom is 0.264 e. The van der Waals surface area contributed by atoms with Crippen molar-refractivity contribution >= 4 is 69.4 Å². The number of hydrogen-bond donors (Lipinski definition) is 2. The van der Waals surface area contributed by atoms with Crippen molar-refractivity contribution in [2.24, 2.45) is 4.99 Å². The van der Waals surface area contributed by atoms with Crippen LogP contribution in [0, 0.1) is 0 Å². The fourth-order valence-electron chi connectivity index (χ4n) is 1.95. The predicted octanol–water partition coefficient (Wildman–Crippen LogP) is 5.24. The van der Waals surface area contributed by atoms with Gasteiger partial charge in [-0.15, -0.1) is 0 Å². The number of amidine groups is 1. The molecule has 0 spiro atoms. The lowest BCUT2D eigenvalue weighted by Gasteiger charge is -2.01. The molecule has 1 aliphatic heterocycles. The minimum absolute atomic E-state index is 0.0311. The normalized spacial score (nSPS) is 17.5. The molecule has 2 aromatic rings. The largest absolute Gasteiger partial charge is 0.507 e. The van der Waals surface area contributed by atoms with Crippen LogP contribution in [0.25, 0.3) is 6.08 Å². The van der Waals surface area contributed by atoms with Gasteiger partial charge in [0.25, 0.3) is 5.91 Å². The van der Waals surface area contributed by atoms with Crippen molar-refractivity contribution in [1.29, 1.82) is 0 Å². The molecule has 24 heavy (non-hydrogen) atoms. The van der Waals surface area contributed by atoms with Gasteiger partial charge in [0.1, 0.15) is 5.75 Å². The van der Waals surface area contributed by atoms with Crippen LogP contribution in [0.1, 0.15) is 5.56 Å². The van der Waals surface area contributed by atoms with Crippen LogP contribution in [0.2, 0.25) is 15.1 Å². The van der Waals surface area contributed by atoms with Gasteiger partial charge >= 0.3 is 0 Å². The first-order valence-corrected chi connectivity index (χ1v) is 8.61. The summed E-state index contributed by atoms with van der Waals surface area (Å²) in [6, 6.07) is 9.66. The first-order valence-electron chi connectivity index (χ1n) is 6.66. The summed E-state index contributed by atoms with van der Waals surface area (Å²) in [5, 5.41) is 14.0. The van der Waals surface area contributed by atoms with Crippen molar-refractivity contribution in [2.75, 3.05) is 0 Å². The first-order chi connectivity index (χ1) is 11.4. The average Bonchev–Trinajstić information content (AvgIpc) is 2.87. The third-order valence-corrected chi connectivity index (χ3v) is 5.03. The van der Waals surface area contributed by atoms with Crippen molar-refractivity contribution in [3.63, 3.8) is 0 Å². The molecule has 1 saturated heterocycles. The lowest BCUT2D eigenvalue weighted by atomic mass is 10.2. The summed E-state index contributed by atoms with van der Waals surface area (Å²) >= 11 is 19.1. The van der Waals surface area contributed by atoms with E-state index in [1.807, 2.05) is 0 Å². The number of amides is 1. The lowest BCUT2D eigenvalue weighted by molar-refractivity contribution is -0.115. The van der Waals surface area contributed by atoms with E-state index >= 15 is 0 Å². The molecule has 2 N–H and O–H groups in total. The Balaban J connectivity index is 1.91. The molecular weight excluding hydrogens is 391 g/mol. The smallest absolute Gasteiger partial charge is 0.264 e. The molecule has 0 bridgehead atoms. The maximum absolute atomic E-state index is 12.1. The molecule has 1 amide bonds. The molecule has 122 valence electrons. The Morgan fingerprint density at radius 2 is 1.96 bits per heavy atom. The highest BCUT2D eigenvalue weighted by molar-refractivity contribution is 8.18. The molecule has 1 heterocycles. The number of phenols is 1. The number of nitrogens with zero attached hydrogens (tertiary/aromatic N) is 1. The van der Waals surface area contributed by atoms with E-state index in [9.17, 15) is 9.90 Å². The molecule has 1 aliphatic rings. The van der Waals surface area contributed by atoms with Crippen LogP contribution in [0.5, 0.6) is 5.75 Å². The van der Waals surface area contributed by atoms with Gasteiger partial charge in [0.15, 0.2) is 5.17 Å². The molecule has 4 nitrogen and oxygen atoms in total. The van der Waals surface area contributed by atoms with Crippen molar-refractivity contribution in [1.82, 2.24) is 5.32 Å². The lowest BCUT2D eigenvalue weighted by Crippen LogP contribution is -2.19. The minimum atomic E-state index is -0.323. The van der Waals surface area contributed by atoms with Crippen LogP contribution in [-0.4, -0.2) is 16.2 Å². The molecule has 0 aliphatic carbocycles. The Kier molecular flexibility index (Phi) is 5.06. The van der Waals surface area contributed by atoms with E-state index in [0.717, 1.165) is 11.8 Å². The maximum atomic E-state index is 12.1. The number of carbonyl (C=O) groups is 1. The molecule has 0 saturated carbocycles. The van der Waals surface area contributed by atoms with E-state index in [1.165, 1.54) is 6.07 Å². The molecule has 0 unspecified atom stereocenters. The van der Waals surface area contributed by atoms with Gasteiger partial charge in [-0.1, -0.05) is 40.9 Å². The van der Waals surface area contributed by atoms with Crippen LogP contribution in [0.15, 0.2) is 46.3 Å². The Labute approximate surface area is 157 Å². The number of hydrogen-bond acceptors (Lipinski definition) is 4. The van der Waals surface area contributed by atoms with Gasteiger partial charge < -0.3 is 10.4 Å². The number of aliphatic imine (C=N–C) groups is 1. The van der Waals surface area contributed by atoms with E-state index in [1.54, 1.807) is 36.4 Å². The summed E-state index contributed by atoms with van der Waals surface area (Å²) < 4.78 is 0. The van der Waals surface area contributed by atoms with Crippen LogP contribution in [0.4, 0.5) is 5.69 Å². The number of benzene rings is 2. The highest BCUT2D eigenvalue weighted by Crippen LogP contribution is 2.35. The number of nitrogens with one attached hydrogen (secondary N) is 1. The van der Waals surface area contributed by atoms with Gasteiger partial charge in [0, 0.05) is 10.6 Å². The monoisotopic (exact) mass is 398 g/mol. The van der Waals surface area contributed by atoms with Crippen LogP contribution in [0.3, 0.4) is 0 Å². The third kappa shape index (κ3) is 3.70. The predicted molar refractivity (Wildman–Crippen MR) is 100 cm³/mol. The molecule has 3 rings (SSSR count). The van der Waals surface area contributed by atoms with Crippen LogP contribution < -0.4 is 5.32 Å². The topological polar surface area (TPSA) is 61.7 Å². The molecule has 8 heteroatoms. The molecule has 1 fully saturated rings. The zero-order valence-electron chi connectivity index (χ0n) is 11.9. The fourth-order valence-corrected chi connectivity index (χ4v) is 3.29. The summed E-state index contributed by atoms with van der Waals surface area (Å²) in [4.78, 5) is 16.8. The van der Waals surface area contributed by atoms with Crippen molar-refractivity contribution in [3.05, 3.63) is 61.9 Å². The number of phenolic OH excluding ortho intramolecular Hbond substituents is 1. The van der Waals surface area contributed by atoms with Gasteiger partial charge in [0.05, 0.1) is 20.6 Å². The summed E-state index contributed by atoms with van der Waals surface area (Å²) in [7, 11) is 0. The van der Waals surface area contributed by atoms with Crippen LogP contribution >= 0.6 is 46.6 Å². The van der Waals surface area contributed by atoms with E-state index in [0.29, 0.717) is 36.4 Å². The van der Waals surface area contributed by atoms with E-state index in [4.69, 9.17) is 34.8 Å². The van der Waals surface area contributed by atoms with Gasteiger partial charge in [-0.3, -0.25) is 4.79 Å². The van der Waals surface area contributed by atoms with Crippen LogP contribution in [-0.2, 0) is 4.79 Å². The number of carbonyl (C=O) groups excluding carboxylic acids is 1. The quantitative estimate of drug-likeness (QED) is 0.678. The number of aromatic hydroxyl groups is 1. The second kappa shape index (κ2) is 7.07. The Morgan fingerprint density at radius 3 is 2.75 bits per heavy atom.